The average molecular weight is 309 g/mol. The Hall–Kier alpha value is -2.71. The fourth-order valence-electron chi connectivity index (χ4n) is 2.62. The minimum Gasteiger partial charge on any atom is -0.478 e. The molecule has 1 aliphatic rings. The van der Waals surface area contributed by atoms with Crippen LogP contribution in [0, 0.1) is 20.2 Å². The molecule has 0 heterocycles. The number of carboxylic acids is 1. The molecule has 0 amide bonds. The third-order valence-electron chi connectivity index (χ3n) is 3.69. The van der Waals surface area contributed by atoms with Crippen molar-refractivity contribution in [2.24, 2.45) is 0 Å². The molecule has 0 bridgehead atoms. The number of hydrogen-bond acceptors (Lipinski definition) is 6. The van der Waals surface area contributed by atoms with Crippen LogP contribution in [0.3, 0.4) is 0 Å². The van der Waals surface area contributed by atoms with Crippen LogP contribution in [0.1, 0.15) is 42.5 Å². The number of carbonyl (C=O) groups is 1. The quantitative estimate of drug-likeness (QED) is 0.630. The van der Waals surface area contributed by atoms with E-state index in [0.717, 1.165) is 44.2 Å². The first-order valence-electron chi connectivity index (χ1n) is 6.87. The van der Waals surface area contributed by atoms with Crippen molar-refractivity contribution in [2.45, 2.75) is 38.1 Å². The largest absolute Gasteiger partial charge is 0.478 e. The van der Waals surface area contributed by atoms with Gasteiger partial charge < -0.3 is 10.4 Å². The molecule has 2 N–H and O–H groups in total. The number of benzene rings is 1. The fraction of sp³-hybridized carbons (Fsp3) is 0.462. The highest BCUT2D eigenvalue weighted by Gasteiger charge is 2.30. The molecular formula is C13H15N3O6. The summed E-state index contributed by atoms with van der Waals surface area (Å²) in [5.74, 6) is -1.45. The van der Waals surface area contributed by atoms with Gasteiger partial charge >= 0.3 is 5.97 Å². The summed E-state index contributed by atoms with van der Waals surface area (Å²) in [6.07, 6.45) is 4.52. The molecule has 0 unspecified atom stereocenters. The van der Waals surface area contributed by atoms with Crippen LogP contribution >= 0.6 is 0 Å². The van der Waals surface area contributed by atoms with Crippen LogP contribution in [0.4, 0.5) is 17.1 Å². The first-order chi connectivity index (χ1) is 10.4. The molecular weight excluding hydrogens is 294 g/mol. The number of anilines is 1. The van der Waals surface area contributed by atoms with Crippen molar-refractivity contribution >= 4 is 23.0 Å². The summed E-state index contributed by atoms with van der Waals surface area (Å²) in [6.45, 7) is 0. The van der Waals surface area contributed by atoms with Gasteiger partial charge in [-0.15, -0.1) is 0 Å². The molecule has 1 saturated carbocycles. The van der Waals surface area contributed by atoms with Crippen LogP contribution in [0.2, 0.25) is 0 Å². The lowest BCUT2D eigenvalue weighted by Crippen LogP contribution is -2.23. The van der Waals surface area contributed by atoms with Crippen LogP contribution in [-0.2, 0) is 0 Å². The summed E-state index contributed by atoms with van der Waals surface area (Å²) in [6, 6.07) is 1.61. The summed E-state index contributed by atoms with van der Waals surface area (Å²) in [5, 5.41) is 34.1. The minimum atomic E-state index is -1.45. The molecule has 1 fully saturated rings. The lowest BCUT2D eigenvalue weighted by atomic mass is 9.95. The van der Waals surface area contributed by atoms with Crippen molar-refractivity contribution in [1.29, 1.82) is 0 Å². The fourth-order valence-corrected chi connectivity index (χ4v) is 2.62. The maximum Gasteiger partial charge on any atom is 0.336 e. The van der Waals surface area contributed by atoms with Crippen LogP contribution in [0.25, 0.3) is 0 Å². The number of aromatic carboxylic acids is 1. The minimum absolute atomic E-state index is 0.0816. The predicted octanol–water partition coefficient (Wildman–Crippen LogP) is 2.95. The normalized spacial score (nSPS) is 15.3. The summed E-state index contributed by atoms with van der Waals surface area (Å²) >= 11 is 0. The monoisotopic (exact) mass is 309 g/mol. The highest BCUT2D eigenvalue weighted by Crippen LogP contribution is 2.37. The number of carboxylic acid groups (broad SMARTS) is 1. The zero-order valence-corrected chi connectivity index (χ0v) is 11.7. The Bertz CT molecular complexity index is 589. The van der Waals surface area contributed by atoms with E-state index in [0.29, 0.717) is 0 Å². The van der Waals surface area contributed by atoms with E-state index in [2.05, 4.69) is 5.32 Å². The highest BCUT2D eigenvalue weighted by molar-refractivity contribution is 5.92. The standard InChI is InChI=1S/C13H15N3O6/c17-13(18)8-6-10(15(19)20)12(11(7-8)16(21)22)14-9-4-2-1-3-5-9/h6-7,9,14H,1-5H2,(H,17,18). The molecule has 0 aliphatic heterocycles. The Kier molecular flexibility index (Phi) is 4.54. The van der Waals surface area contributed by atoms with Crippen LogP contribution in [0.15, 0.2) is 12.1 Å². The lowest BCUT2D eigenvalue weighted by molar-refractivity contribution is -0.392. The van der Waals surface area contributed by atoms with Crippen LogP contribution < -0.4 is 5.32 Å². The molecule has 118 valence electrons. The topological polar surface area (TPSA) is 136 Å². The third-order valence-corrected chi connectivity index (χ3v) is 3.69. The van der Waals surface area contributed by atoms with Crippen molar-refractivity contribution in [3.8, 4) is 0 Å². The van der Waals surface area contributed by atoms with Gasteiger partial charge in [0, 0.05) is 18.2 Å². The number of rotatable bonds is 5. The zero-order valence-electron chi connectivity index (χ0n) is 11.7. The van der Waals surface area contributed by atoms with Crippen LogP contribution in [0.5, 0.6) is 0 Å². The van der Waals surface area contributed by atoms with Gasteiger partial charge in [-0.1, -0.05) is 19.3 Å². The zero-order chi connectivity index (χ0) is 16.3. The van der Waals surface area contributed by atoms with Gasteiger partial charge in [0.2, 0.25) is 0 Å². The van der Waals surface area contributed by atoms with Gasteiger partial charge in [0.05, 0.1) is 15.4 Å². The van der Waals surface area contributed by atoms with Gasteiger partial charge in [-0.2, -0.15) is 0 Å². The summed E-state index contributed by atoms with van der Waals surface area (Å²) in [5.41, 5.74) is -1.87. The smallest absolute Gasteiger partial charge is 0.336 e. The Morgan fingerprint density at radius 3 is 2.00 bits per heavy atom. The molecule has 0 aromatic heterocycles. The number of nitro groups is 2. The number of nitro benzene ring substituents is 2. The van der Waals surface area contributed by atoms with E-state index < -0.39 is 32.8 Å². The first-order valence-corrected chi connectivity index (χ1v) is 6.87. The van der Waals surface area contributed by atoms with Crippen molar-refractivity contribution in [2.75, 3.05) is 5.32 Å². The maximum atomic E-state index is 11.2. The average Bonchev–Trinajstić information content (AvgIpc) is 2.47. The Balaban J connectivity index is 2.50. The Morgan fingerprint density at radius 2 is 1.59 bits per heavy atom. The molecule has 0 saturated heterocycles. The van der Waals surface area contributed by atoms with Crippen LogP contribution in [-0.4, -0.2) is 27.0 Å². The van der Waals surface area contributed by atoms with E-state index in [1.165, 1.54) is 0 Å². The molecule has 0 atom stereocenters. The van der Waals surface area contributed by atoms with Gasteiger partial charge in [-0.25, -0.2) is 4.79 Å². The van der Waals surface area contributed by atoms with Crippen molar-refractivity contribution in [1.82, 2.24) is 0 Å². The summed E-state index contributed by atoms with van der Waals surface area (Å²) in [7, 11) is 0. The number of hydrogen-bond donors (Lipinski definition) is 2. The molecule has 22 heavy (non-hydrogen) atoms. The second-order valence-electron chi connectivity index (χ2n) is 5.19. The van der Waals surface area contributed by atoms with E-state index in [1.54, 1.807) is 0 Å². The van der Waals surface area contributed by atoms with Gasteiger partial charge in [-0.05, 0) is 12.8 Å². The second-order valence-corrected chi connectivity index (χ2v) is 5.19. The Morgan fingerprint density at radius 1 is 1.09 bits per heavy atom. The van der Waals surface area contributed by atoms with Gasteiger partial charge in [-0.3, -0.25) is 20.2 Å². The van der Waals surface area contributed by atoms with Crippen molar-refractivity contribution in [3.63, 3.8) is 0 Å². The third kappa shape index (κ3) is 3.30. The Labute approximate surface area is 125 Å². The SMILES string of the molecule is O=C(O)c1cc([N+](=O)[O-])c(NC2CCCCC2)c([N+](=O)[O-])c1. The second kappa shape index (κ2) is 6.37. The molecule has 9 nitrogen and oxygen atoms in total. The summed E-state index contributed by atoms with van der Waals surface area (Å²) < 4.78 is 0. The highest BCUT2D eigenvalue weighted by atomic mass is 16.6. The molecule has 0 radical (unpaired) electrons. The molecule has 0 spiro atoms. The lowest BCUT2D eigenvalue weighted by Gasteiger charge is -2.23. The predicted molar refractivity (Wildman–Crippen MR) is 77.2 cm³/mol. The molecule has 9 heteroatoms. The van der Waals surface area contributed by atoms with E-state index in [9.17, 15) is 25.0 Å². The van der Waals surface area contributed by atoms with E-state index in [1.807, 2.05) is 0 Å². The van der Waals surface area contributed by atoms with Crippen molar-refractivity contribution < 1.29 is 19.7 Å². The number of nitrogens with zero attached hydrogens (tertiary/aromatic N) is 2. The van der Waals surface area contributed by atoms with E-state index in [4.69, 9.17) is 5.11 Å². The van der Waals surface area contributed by atoms with Gasteiger partial charge in [0.15, 0.2) is 5.69 Å². The van der Waals surface area contributed by atoms with Gasteiger partial charge in [0.1, 0.15) is 0 Å². The molecule has 2 rings (SSSR count). The molecule has 1 aromatic rings. The first kappa shape index (κ1) is 15.7. The molecule has 1 aliphatic carbocycles. The molecule has 1 aromatic carbocycles. The number of nitrogens with one attached hydrogen (secondary N) is 1. The van der Waals surface area contributed by atoms with E-state index >= 15 is 0 Å². The van der Waals surface area contributed by atoms with Crippen molar-refractivity contribution in [3.05, 3.63) is 37.9 Å². The summed E-state index contributed by atoms with van der Waals surface area (Å²) in [4.78, 5) is 31.7. The maximum absolute atomic E-state index is 11.2. The van der Waals surface area contributed by atoms with E-state index in [-0.39, 0.29) is 11.7 Å². The van der Waals surface area contributed by atoms with Gasteiger partial charge in [0.25, 0.3) is 11.4 Å².